The van der Waals surface area contributed by atoms with Crippen LogP contribution in [0.1, 0.15) is 78.6 Å². The molecule has 0 saturated heterocycles. The zero-order valence-electron chi connectivity index (χ0n) is 24.7. The number of nitrogens with two attached hydrogens (primary N) is 1. The Hall–Kier alpha value is -3.85. The summed E-state index contributed by atoms with van der Waals surface area (Å²) in [4.78, 5) is 28.5. The Morgan fingerprint density at radius 1 is 1.08 bits per heavy atom. The van der Waals surface area contributed by atoms with Gasteiger partial charge in [0, 0.05) is 12.6 Å². The van der Waals surface area contributed by atoms with Crippen LogP contribution in [0.4, 0.5) is 11.5 Å². The largest absolute Gasteiger partial charge is 0.497 e. The number of rotatable bonds is 8. The summed E-state index contributed by atoms with van der Waals surface area (Å²) < 4.78 is 5.16. The molecule has 9 nitrogen and oxygen atoms in total. The topological polar surface area (TPSA) is 139 Å². The van der Waals surface area contributed by atoms with Gasteiger partial charge in [0.1, 0.15) is 17.4 Å². The van der Waals surface area contributed by atoms with Crippen molar-refractivity contribution in [1.29, 1.82) is 0 Å². The summed E-state index contributed by atoms with van der Waals surface area (Å²) in [5, 5.41) is 16.6. The van der Waals surface area contributed by atoms with Crippen LogP contribution in [-0.4, -0.2) is 35.0 Å². The number of carbonyl (C=O) groups excluding carboxylic acids is 2. The van der Waals surface area contributed by atoms with Gasteiger partial charge in [0.15, 0.2) is 0 Å². The van der Waals surface area contributed by atoms with E-state index in [4.69, 9.17) is 27.3 Å². The van der Waals surface area contributed by atoms with Gasteiger partial charge in [-0.25, -0.2) is 4.98 Å². The Morgan fingerprint density at radius 3 is 2.21 bits per heavy atom. The maximum atomic E-state index is 12.6. The number of pyridine rings is 1. The number of anilines is 2. The minimum Gasteiger partial charge on any atom is -0.497 e. The summed E-state index contributed by atoms with van der Waals surface area (Å²) in [6, 6.07) is 8.03. The maximum Gasteiger partial charge on any atom is 0.259 e. The number of nitrogens with one attached hydrogen (secondary N) is 2. The molecule has 10 heteroatoms. The van der Waals surface area contributed by atoms with E-state index in [2.05, 4.69) is 20.8 Å². The molecule has 1 aromatic heterocycles. The predicted octanol–water partition coefficient (Wildman–Crippen LogP) is 7.68. The molecule has 218 valence electrons. The minimum absolute atomic E-state index is 0.239. The van der Waals surface area contributed by atoms with E-state index in [1.807, 2.05) is 67.5 Å². The Kier molecular flexibility index (Phi) is 27.7. The highest BCUT2D eigenvalue weighted by molar-refractivity contribution is 6.30. The molecule has 1 aromatic carbocycles. The number of halogens is 1. The molecule has 1 heterocycles. The first kappa shape index (κ1) is 39.7. The molecule has 5 N–H and O–H groups in total. The van der Waals surface area contributed by atoms with E-state index in [0.29, 0.717) is 28.7 Å². The number of nitrogens with zero attached hydrogens (tertiary/aromatic N) is 2. The third kappa shape index (κ3) is 19.0. The van der Waals surface area contributed by atoms with Crippen LogP contribution in [-0.2, 0) is 4.79 Å². The summed E-state index contributed by atoms with van der Waals surface area (Å²) in [5.41, 5.74) is 5.74. The second-order valence-corrected chi connectivity index (χ2v) is 6.83. The molecule has 0 aliphatic rings. The van der Waals surface area contributed by atoms with Gasteiger partial charge < -0.3 is 26.3 Å². The summed E-state index contributed by atoms with van der Waals surface area (Å²) in [5.74, 6) is 0.342. The highest BCUT2D eigenvalue weighted by Crippen LogP contribution is 2.23. The van der Waals surface area contributed by atoms with Gasteiger partial charge in [0.05, 0.1) is 23.4 Å². The molecule has 0 bridgehead atoms. The Bertz CT molecular complexity index is 1010. The monoisotopic (exact) mass is 563 g/mol. The number of amidine groups is 1. The lowest BCUT2D eigenvalue weighted by Gasteiger charge is -2.12. The third-order valence-corrected chi connectivity index (χ3v) is 4.12. The SMILES string of the molecule is C/C=C\C/C(N)=N/O.CC.CC.CC.CC/C=C/C(=O)Nc1ccc(OC)cc1C(=O)Nc1ccc(Cl)cn1. The van der Waals surface area contributed by atoms with Gasteiger partial charge >= 0.3 is 0 Å². The molecule has 0 atom stereocenters. The number of allylic oxidation sites excluding steroid dienone is 2. The van der Waals surface area contributed by atoms with Crippen LogP contribution in [0.15, 0.2) is 66.0 Å². The molecular weight excluding hydrogens is 518 g/mol. The molecule has 0 fully saturated rings. The second-order valence-electron chi connectivity index (χ2n) is 6.39. The Labute approximate surface area is 239 Å². The Balaban J connectivity index is -0.000000779. The molecule has 2 amide bonds. The first-order valence-electron chi connectivity index (χ1n) is 13.0. The number of carbonyl (C=O) groups is 2. The second kappa shape index (κ2) is 27.2. The van der Waals surface area contributed by atoms with Crippen LogP contribution in [0.2, 0.25) is 5.02 Å². The van der Waals surface area contributed by atoms with Crippen molar-refractivity contribution < 1.29 is 19.5 Å². The molecule has 0 radical (unpaired) electrons. The van der Waals surface area contributed by atoms with E-state index in [1.165, 1.54) is 19.4 Å². The average Bonchev–Trinajstić information content (AvgIpc) is 2.99. The van der Waals surface area contributed by atoms with Gasteiger partial charge in [-0.05, 0) is 49.8 Å². The fraction of sp³-hybridized carbons (Fsp3) is 0.379. The highest BCUT2D eigenvalue weighted by Gasteiger charge is 2.15. The number of amides is 2. The van der Waals surface area contributed by atoms with Crippen LogP contribution in [0.5, 0.6) is 5.75 Å². The van der Waals surface area contributed by atoms with E-state index in [-0.39, 0.29) is 17.3 Å². The van der Waals surface area contributed by atoms with E-state index < -0.39 is 5.91 Å². The van der Waals surface area contributed by atoms with Crippen LogP contribution in [0.3, 0.4) is 0 Å². The summed E-state index contributed by atoms with van der Waals surface area (Å²) in [6.07, 6.45) is 9.51. The van der Waals surface area contributed by atoms with Crippen molar-refractivity contribution in [3.8, 4) is 5.75 Å². The number of methoxy groups -OCH3 is 1. The van der Waals surface area contributed by atoms with Crippen LogP contribution < -0.4 is 21.1 Å². The van der Waals surface area contributed by atoms with Gasteiger partial charge in [-0.2, -0.15) is 0 Å². The van der Waals surface area contributed by atoms with Crippen LogP contribution in [0, 0.1) is 0 Å². The van der Waals surface area contributed by atoms with Gasteiger partial charge in [-0.1, -0.05) is 83.5 Å². The molecule has 0 unspecified atom stereocenters. The first-order valence-corrected chi connectivity index (χ1v) is 13.4. The van der Waals surface area contributed by atoms with Crippen molar-refractivity contribution in [1.82, 2.24) is 4.98 Å². The molecular formula is C29H46ClN5O4. The molecule has 2 rings (SSSR count). The standard InChI is InChI=1S/C18H18ClN3O3.C5H10N2O.3C2H6/c1-3-4-5-17(23)21-15-8-7-13(25-2)10-14(15)18(24)22-16-9-6-12(19)11-20-16;1-2-3-4-5(6)7-8;3*1-2/h4-11H,3H2,1-2H3,(H,21,23)(H,20,22,24);2-3,8H,4H2,1H3,(H2,6,7);3*1-2H3/b5-4+;3-2-;;;. The van der Waals surface area contributed by atoms with Gasteiger partial charge in [-0.15, -0.1) is 0 Å². The summed E-state index contributed by atoms with van der Waals surface area (Å²) in [6.45, 7) is 15.8. The smallest absolute Gasteiger partial charge is 0.259 e. The van der Waals surface area contributed by atoms with Gasteiger partial charge in [0.2, 0.25) is 5.91 Å². The fourth-order valence-corrected chi connectivity index (χ4v) is 2.37. The lowest BCUT2D eigenvalue weighted by Crippen LogP contribution is -2.17. The fourth-order valence-electron chi connectivity index (χ4n) is 2.26. The lowest BCUT2D eigenvalue weighted by atomic mass is 10.1. The lowest BCUT2D eigenvalue weighted by molar-refractivity contribution is -0.111. The number of aromatic nitrogens is 1. The highest BCUT2D eigenvalue weighted by atomic mass is 35.5. The van der Waals surface area contributed by atoms with Crippen molar-refractivity contribution in [3.05, 3.63) is 71.4 Å². The number of oxime groups is 1. The number of hydrogen-bond donors (Lipinski definition) is 4. The molecule has 0 saturated carbocycles. The van der Waals surface area contributed by atoms with Gasteiger partial charge in [-0.3, -0.25) is 9.59 Å². The van der Waals surface area contributed by atoms with E-state index in [0.717, 1.165) is 6.42 Å². The molecule has 39 heavy (non-hydrogen) atoms. The van der Waals surface area contributed by atoms with Crippen molar-refractivity contribution in [2.45, 2.75) is 68.2 Å². The molecule has 0 spiro atoms. The van der Waals surface area contributed by atoms with Crippen molar-refractivity contribution in [2.75, 3.05) is 17.7 Å². The number of ether oxygens (including phenoxy) is 1. The zero-order chi connectivity index (χ0) is 30.6. The summed E-state index contributed by atoms with van der Waals surface area (Å²) >= 11 is 5.78. The van der Waals surface area contributed by atoms with E-state index in [1.54, 1.807) is 36.4 Å². The van der Waals surface area contributed by atoms with Crippen molar-refractivity contribution in [3.63, 3.8) is 0 Å². The molecule has 2 aromatic rings. The summed E-state index contributed by atoms with van der Waals surface area (Å²) in [7, 11) is 1.50. The van der Waals surface area contributed by atoms with E-state index in [9.17, 15) is 9.59 Å². The third-order valence-electron chi connectivity index (χ3n) is 3.89. The average molecular weight is 564 g/mol. The number of benzene rings is 1. The first-order chi connectivity index (χ1) is 18.8. The maximum absolute atomic E-state index is 12.6. The molecule has 0 aliphatic carbocycles. The Morgan fingerprint density at radius 2 is 1.72 bits per heavy atom. The quantitative estimate of drug-likeness (QED) is 0.0648. The normalized spacial score (nSPS) is 9.85. The van der Waals surface area contributed by atoms with Crippen molar-refractivity contribution >= 4 is 40.8 Å². The van der Waals surface area contributed by atoms with Crippen LogP contribution >= 0.6 is 11.6 Å². The minimum atomic E-state index is -0.427. The van der Waals surface area contributed by atoms with Crippen LogP contribution in [0.25, 0.3) is 0 Å². The zero-order valence-corrected chi connectivity index (χ0v) is 25.5. The predicted molar refractivity (Wildman–Crippen MR) is 165 cm³/mol. The number of hydrogen-bond acceptors (Lipinski definition) is 6. The van der Waals surface area contributed by atoms with Crippen molar-refractivity contribution in [2.24, 2.45) is 10.9 Å². The van der Waals surface area contributed by atoms with E-state index >= 15 is 0 Å². The molecule has 0 aliphatic heterocycles. The van der Waals surface area contributed by atoms with Gasteiger partial charge in [0.25, 0.3) is 5.91 Å².